The molecule has 0 aliphatic rings. The van der Waals surface area contributed by atoms with Crippen LogP contribution in [0.3, 0.4) is 0 Å². The summed E-state index contributed by atoms with van der Waals surface area (Å²) in [6, 6.07) is 13.1. The maximum Gasteiger partial charge on any atom is 0.153 e. The third-order valence-corrected chi connectivity index (χ3v) is 3.70. The molecule has 0 saturated heterocycles. The van der Waals surface area contributed by atoms with Crippen LogP contribution in [0.5, 0.6) is 5.75 Å². The Hall–Kier alpha value is -3.04. The van der Waals surface area contributed by atoms with Crippen LogP contribution in [-0.2, 0) is 0 Å². The van der Waals surface area contributed by atoms with Gasteiger partial charge < -0.3 is 10.1 Å². The van der Waals surface area contributed by atoms with Crippen LogP contribution in [0.1, 0.15) is 11.3 Å². The Bertz CT molecular complexity index is 929. The van der Waals surface area contributed by atoms with Crippen LogP contribution in [0.25, 0.3) is 11.1 Å². The number of aryl methyl sites for hydroxylation is 1. The molecule has 0 saturated carbocycles. The van der Waals surface area contributed by atoms with Crippen LogP contribution in [0, 0.1) is 18.3 Å². The van der Waals surface area contributed by atoms with Gasteiger partial charge in [0.25, 0.3) is 0 Å². The van der Waals surface area contributed by atoms with E-state index in [1.54, 1.807) is 13.2 Å². The van der Waals surface area contributed by atoms with E-state index in [1.807, 2.05) is 37.3 Å². The van der Waals surface area contributed by atoms with E-state index in [1.165, 1.54) is 0 Å². The molecule has 6 nitrogen and oxygen atoms in total. The Kier molecular flexibility index (Phi) is 4.36. The summed E-state index contributed by atoms with van der Waals surface area (Å²) in [6.07, 6.45) is 0. The van der Waals surface area contributed by atoms with E-state index in [0.717, 1.165) is 11.3 Å². The highest BCUT2D eigenvalue weighted by molar-refractivity contribution is 6.31. The number of hydrogen-bond donors (Lipinski definition) is 2. The van der Waals surface area contributed by atoms with Crippen molar-refractivity contribution in [3.8, 4) is 22.9 Å². The smallest absolute Gasteiger partial charge is 0.153 e. The van der Waals surface area contributed by atoms with Gasteiger partial charge in [0.2, 0.25) is 0 Å². The SMILES string of the molecule is COc1cccc(-c2cc(Nc3cc(C)[nH]n3)nc(Cl)c2C#N)c1. The number of ether oxygens (including phenoxy) is 1. The number of nitrogens with zero attached hydrogens (tertiary/aromatic N) is 3. The number of pyridine rings is 1. The molecule has 3 rings (SSSR count). The number of nitrogens with one attached hydrogen (secondary N) is 2. The number of aromatic nitrogens is 3. The fraction of sp³-hybridized carbons (Fsp3) is 0.118. The zero-order chi connectivity index (χ0) is 17.1. The van der Waals surface area contributed by atoms with E-state index in [0.29, 0.717) is 28.5 Å². The zero-order valence-electron chi connectivity index (χ0n) is 13.1. The van der Waals surface area contributed by atoms with Gasteiger partial charge >= 0.3 is 0 Å². The van der Waals surface area contributed by atoms with Crippen molar-refractivity contribution in [3.63, 3.8) is 0 Å². The third-order valence-electron chi connectivity index (χ3n) is 3.43. The Morgan fingerprint density at radius 2 is 2.08 bits per heavy atom. The van der Waals surface area contributed by atoms with E-state index in [4.69, 9.17) is 16.3 Å². The van der Waals surface area contributed by atoms with Gasteiger partial charge in [0.15, 0.2) is 5.82 Å². The van der Waals surface area contributed by atoms with Gasteiger partial charge in [-0.05, 0) is 30.7 Å². The van der Waals surface area contributed by atoms with Crippen LogP contribution in [-0.4, -0.2) is 22.3 Å². The summed E-state index contributed by atoms with van der Waals surface area (Å²) < 4.78 is 5.25. The number of anilines is 2. The quantitative estimate of drug-likeness (QED) is 0.700. The van der Waals surface area contributed by atoms with Gasteiger partial charge in [0.1, 0.15) is 22.8 Å². The number of benzene rings is 1. The minimum Gasteiger partial charge on any atom is -0.497 e. The first kappa shape index (κ1) is 15.8. The van der Waals surface area contributed by atoms with E-state index < -0.39 is 0 Å². The molecule has 0 aliphatic carbocycles. The number of rotatable bonds is 4. The Morgan fingerprint density at radius 1 is 1.25 bits per heavy atom. The molecule has 0 aliphatic heterocycles. The highest BCUT2D eigenvalue weighted by atomic mass is 35.5. The molecule has 0 atom stereocenters. The zero-order valence-corrected chi connectivity index (χ0v) is 13.8. The second kappa shape index (κ2) is 6.60. The maximum absolute atomic E-state index is 9.43. The van der Waals surface area contributed by atoms with Crippen molar-refractivity contribution in [2.24, 2.45) is 0 Å². The van der Waals surface area contributed by atoms with Crippen molar-refractivity contribution >= 4 is 23.2 Å². The second-order valence-corrected chi connectivity index (χ2v) is 5.48. The van der Waals surface area contributed by atoms with Crippen molar-refractivity contribution < 1.29 is 4.74 Å². The molecule has 0 bridgehead atoms. The number of methoxy groups -OCH3 is 1. The van der Waals surface area contributed by atoms with Crippen molar-refractivity contribution in [3.05, 3.63) is 52.8 Å². The van der Waals surface area contributed by atoms with E-state index in [-0.39, 0.29) is 5.15 Å². The Labute approximate surface area is 144 Å². The number of H-pyrrole nitrogens is 1. The molecule has 2 N–H and O–H groups in total. The highest BCUT2D eigenvalue weighted by Gasteiger charge is 2.14. The largest absolute Gasteiger partial charge is 0.497 e. The number of halogens is 1. The first-order chi connectivity index (χ1) is 11.6. The summed E-state index contributed by atoms with van der Waals surface area (Å²) in [6.45, 7) is 1.90. The summed E-state index contributed by atoms with van der Waals surface area (Å²) in [5.74, 6) is 1.82. The second-order valence-electron chi connectivity index (χ2n) is 5.13. The van der Waals surface area contributed by atoms with Gasteiger partial charge in [-0.1, -0.05) is 23.7 Å². The van der Waals surface area contributed by atoms with Crippen molar-refractivity contribution in [1.82, 2.24) is 15.2 Å². The first-order valence-electron chi connectivity index (χ1n) is 7.15. The number of nitriles is 1. The molecule has 0 amide bonds. The Balaban J connectivity index is 2.08. The van der Waals surface area contributed by atoms with Gasteiger partial charge in [-0.2, -0.15) is 10.4 Å². The highest BCUT2D eigenvalue weighted by Crippen LogP contribution is 2.32. The summed E-state index contributed by atoms with van der Waals surface area (Å²) in [5.41, 5.74) is 2.72. The summed E-state index contributed by atoms with van der Waals surface area (Å²) in [5, 5.41) is 19.6. The van der Waals surface area contributed by atoms with Gasteiger partial charge in [-0.25, -0.2) is 4.98 Å². The summed E-state index contributed by atoms with van der Waals surface area (Å²) in [7, 11) is 1.59. The average molecular weight is 340 g/mol. The molecule has 2 aromatic heterocycles. The topological polar surface area (TPSA) is 86.6 Å². The first-order valence-corrected chi connectivity index (χ1v) is 7.52. The van der Waals surface area contributed by atoms with Gasteiger partial charge in [0.05, 0.1) is 12.7 Å². The lowest BCUT2D eigenvalue weighted by atomic mass is 10.0. The van der Waals surface area contributed by atoms with Crippen molar-refractivity contribution in [1.29, 1.82) is 5.26 Å². The fourth-order valence-corrected chi connectivity index (χ4v) is 2.55. The third kappa shape index (κ3) is 3.16. The Morgan fingerprint density at radius 3 is 2.75 bits per heavy atom. The molecular formula is C17H14ClN5O. The monoisotopic (exact) mass is 339 g/mol. The minimum atomic E-state index is 0.132. The molecule has 7 heteroatoms. The normalized spacial score (nSPS) is 10.2. The molecule has 0 unspecified atom stereocenters. The molecule has 0 radical (unpaired) electrons. The van der Waals surface area contributed by atoms with Crippen LogP contribution >= 0.6 is 11.6 Å². The van der Waals surface area contributed by atoms with E-state index in [9.17, 15) is 5.26 Å². The molecule has 1 aromatic carbocycles. The van der Waals surface area contributed by atoms with Crippen LogP contribution in [0.2, 0.25) is 5.15 Å². The lowest BCUT2D eigenvalue weighted by molar-refractivity contribution is 0.415. The van der Waals surface area contributed by atoms with Crippen molar-refractivity contribution in [2.45, 2.75) is 6.92 Å². The minimum absolute atomic E-state index is 0.132. The van der Waals surface area contributed by atoms with E-state index >= 15 is 0 Å². The lowest BCUT2D eigenvalue weighted by Crippen LogP contribution is -1.98. The fourth-order valence-electron chi connectivity index (χ4n) is 2.32. The lowest BCUT2D eigenvalue weighted by Gasteiger charge is -2.10. The van der Waals surface area contributed by atoms with Crippen molar-refractivity contribution in [2.75, 3.05) is 12.4 Å². The van der Waals surface area contributed by atoms with Gasteiger partial charge in [0, 0.05) is 17.3 Å². The predicted octanol–water partition coefficient (Wildman–Crippen LogP) is 4.06. The van der Waals surface area contributed by atoms with E-state index in [2.05, 4.69) is 26.6 Å². The predicted molar refractivity (Wildman–Crippen MR) is 92.6 cm³/mol. The number of aromatic amines is 1. The van der Waals surface area contributed by atoms with Gasteiger partial charge in [-0.3, -0.25) is 5.10 Å². The average Bonchev–Trinajstić information content (AvgIpc) is 2.99. The summed E-state index contributed by atoms with van der Waals surface area (Å²) in [4.78, 5) is 4.22. The molecule has 3 aromatic rings. The summed E-state index contributed by atoms with van der Waals surface area (Å²) >= 11 is 6.20. The molecular weight excluding hydrogens is 326 g/mol. The molecule has 0 spiro atoms. The van der Waals surface area contributed by atoms with Crippen LogP contribution in [0.4, 0.5) is 11.6 Å². The number of hydrogen-bond acceptors (Lipinski definition) is 5. The molecule has 2 heterocycles. The molecule has 120 valence electrons. The van der Waals surface area contributed by atoms with Gasteiger partial charge in [-0.15, -0.1) is 0 Å². The maximum atomic E-state index is 9.43. The standard InChI is InChI=1S/C17H14ClN5O/c1-10-6-16(23-22-10)20-15-8-13(14(9-19)17(18)21-15)11-4-3-5-12(7-11)24-2/h3-8H,1-2H3,(H2,20,21,22,23). The molecule has 24 heavy (non-hydrogen) atoms. The molecule has 0 fully saturated rings. The van der Waals surface area contributed by atoms with Crippen LogP contribution in [0.15, 0.2) is 36.4 Å². The van der Waals surface area contributed by atoms with Crippen LogP contribution < -0.4 is 10.1 Å².